The lowest BCUT2D eigenvalue weighted by atomic mass is 10.1. The Morgan fingerprint density at radius 3 is 2.38 bits per heavy atom. The number of para-hydroxylation sites is 1. The van der Waals surface area contributed by atoms with Crippen molar-refractivity contribution in [3.05, 3.63) is 65.2 Å². The average molecular weight is 351 g/mol. The second-order valence-corrected chi connectivity index (χ2v) is 7.36. The smallest absolute Gasteiger partial charge is 0.321 e. The molecular formula is C21H25N3O2. The van der Waals surface area contributed by atoms with Crippen LogP contribution in [0.25, 0.3) is 0 Å². The van der Waals surface area contributed by atoms with Crippen molar-refractivity contribution in [2.24, 2.45) is 0 Å². The number of aliphatic hydroxyl groups excluding tert-OH is 1. The van der Waals surface area contributed by atoms with Gasteiger partial charge >= 0.3 is 6.03 Å². The number of carbonyl (C=O) groups excluding carboxylic acids is 1. The number of nitrogens with one attached hydrogen (secondary N) is 2. The van der Waals surface area contributed by atoms with Gasteiger partial charge in [0.2, 0.25) is 0 Å². The number of β-amino-alcohol motifs (C(OH)–C–C–N with tert-alkyl or cyclic N) is 1. The Labute approximate surface area is 154 Å². The molecule has 5 nitrogen and oxygen atoms in total. The Bertz CT molecular complexity index is 782. The Morgan fingerprint density at radius 2 is 1.69 bits per heavy atom. The molecule has 0 unspecified atom stereocenters. The highest BCUT2D eigenvalue weighted by atomic mass is 16.3. The third kappa shape index (κ3) is 3.45. The van der Waals surface area contributed by atoms with Crippen molar-refractivity contribution >= 4 is 11.7 Å². The zero-order chi connectivity index (χ0) is 18.1. The van der Waals surface area contributed by atoms with Crippen LogP contribution in [0.4, 0.5) is 10.5 Å². The molecule has 136 valence electrons. The van der Waals surface area contributed by atoms with Crippen LogP contribution in [0.5, 0.6) is 0 Å². The molecule has 0 aromatic heterocycles. The van der Waals surface area contributed by atoms with Crippen molar-refractivity contribution in [3.8, 4) is 0 Å². The number of fused-ring (bicyclic) bond motifs is 1. The SMILES string of the molecule is Cc1ccccc1NC(=O)N1C[C@@H](O)[C@H](NC2Cc3ccccc3C2)C1. The molecule has 2 amide bonds. The summed E-state index contributed by atoms with van der Waals surface area (Å²) in [4.78, 5) is 14.2. The van der Waals surface area contributed by atoms with Crippen LogP contribution in [-0.4, -0.2) is 47.3 Å². The fourth-order valence-corrected chi connectivity index (χ4v) is 4.00. The van der Waals surface area contributed by atoms with Gasteiger partial charge in [0.25, 0.3) is 0 Å². The molecule has 2 aliphatic rings. The van der Waals surface area contributed by atoms with Crippen molar-refractivity contribution in [2.75, 3.05) is 18.4 Å². The van der Waals surface area contributed by atoms with E-state index in [1.807, 2.05) is 31.2 Å². The predicted molar refractivity (Wildman–Crippen MR) is 102 cm³/mol. The van der Waals surface area contributed by atoms with Gasteiger partial charge in [0.1, 0.15) is 0 Å². The van der Waals surface area contributed by atoms with Crippen LogP contribution >= 0.6 is 0 Å². The van der Waals surface area contributed by atoms with E-state index >= 15 is 0 Å². The van der Waals surface area contributed by atoms with Crippen LogP contribution in [0.15, 0.2) is 48.5 Å². The number of nitrogens with zero attached hydrogens (tertiary/aromatic N) is 1. The van der Waals surface area contributed by atoms with Gasteiger partial charge < -0.3 is 20.6 Å². The number of likely N-dealkylation sites (tertiary alicyclic amines) is 1. The second kappa shape index (κ2) is 7.09. The summed E-state index contributed by atoms with van der Waals surface area (Å²) < 4.78 is 0. The Kier molecular flexibility index (Phi) is 4.66. The molecule has 0 bridgehead atoms. The summed E-state index contributed by atoms with van der Waals surface area (Å²) in [5.41, 5.74) is 4.60. The number of benzene rings is 2. The van der Waals surface area contributed by atoms with E-state index in [1.54, 1.807) is 4.90 Å². The van der Waals surface area contributed by atoms with Crippen LogP contribution in [0, 0.1) is 6.92 Å². The molecule has 1 heterocycles. The summed E-state index contributed by atoms with van der Waals surface area (Å²) in [7, 11) is 0. The number of hydrogen-bond acceptors (Lipinski definition) is 3. The topological polar surface area (TPSA) is 64.6 Å². The summed E-state index contributed by atoms with van der Waals surface area (Å²) in [5.74, 6) is 0. The summed E-state index contributed by atoms with van der Waals surface area (Å²) in [6.45, 7) is 2.84. The maximum Gasteiger partial charge on any atom is 0.321 e. The lowest BCUT2D eigenvalue weighted by Crippen LogP contribution is -2.46. The van der Waals surface area contributed by atoms with Gasteiger partial charge in [0.05, 0.1) is 12.1 Å². The quantitative estimate of drug-likeness (QED) is 0.795. The van der Waals surface area contributed by atoms with Gasteiger partial charge in [-0.3, -0.25) is 0 Å². The molecule has 2 aromatic carbocycles. The van der Waals surface area contributed by atoms with Crippen LogP contribution in [0.3, 0.4) is 0 Å². The molecule has 3 N–H and O–H groups in total. The molecule has 1 aliphatic carbocycles. The van der Waals surface area contributed by atoms with Gasteiger partial charge in [-0.1, -0.05) is 42.5 Å². The molecule has 1 aliphatic heterocycles. The molecular weight excluding hydrogens is 326 g/mol. The lowest BCUT2D eigenvalue weighted by Gasteiger charge is -2.21. The average Bonchev–Trinajstić information content (AvgIpc) is 3.20. The molecule has 2 aromatic rings. The maximum atomic E-state index is 12.5. The maximum absolute atomic E-state index is 12.5. The molecule has 2 atom stereocenters. The zero-order valence-corrected chi connectivity index (χ0v) is 15.0. The first kappa shape index (κ1) is 17.1. The van der Waals surface area contributed by atoms with E-state index in [0.717, 1.165) is 24.1 Å². The van der Waals surface area contributed by atoms with Gasteiger partial charge in [0, 0.05) is 24.8 Å². The minimum absolute atomic E-state index is 0.0862. The number of rotatable bonds is 3. The molecule has 0 radical (unpaired) electrons. The third-order valence-corrected chi connectivity index (χ3v) is 5.46. The van der Waals surface area contributed by atoms with Crippen molar-refractivity contribution in [1.29, 1.82) is 0 Å². The normalized spacial score (nSPS) is 22.5. The number of hydrogen-bond donors (Lipinski definition) is 3. The first-order chi connectivity index (χ1) is 12.6. The van der Waals surface area contributed by atoms with Crippen LogP contribution in [-0.2, 0) is 12.8 Å². The number of aryl methyl sites for hydroxylation is 1. The van der Waals surface area contributed by atoms with Crippen molar-refractivity contribution in [1.82, 2.24) is 10.2 Å². The van der Waals surface area contributed by atoms with E-state index in [2.05, 4.69) is 34.9 Å². The van der Waals surface area contributed by atoms with Gasteiger partial charge in [-0.2, -0.15) is 0 Å². The van der Waals surface area contributed by atoms with Crippen molar-refractivity contribution in [3.63, 3.8) is 0 Å². The van der Waals surface area contributed by atoms with E-state index in [-0.39, 0.29) is 12.1 Å². The molecule has 1 saturated heterocycles. The molecule has 5 heteroatoms. The molecule has 4 rings (SSSR count). The summed E-state index contributed by atoms with van der Waals surface area (Å²) in [6.07, 6.45) is 1.42. The van der Waals surface area contributed by atoms with Crippen molar-refractivity contribution < 1.29 is 9.90 Å². The highest BCUT2D eigenvalue weighted by Crippen LogP contribution is 2.23. The molecule has 0 saturated carbocycles. The van der Waals surface area contributed by atoms with Crippen molar-refractivity contribution in [2.45, 2.75) is 38.0 Å². The third-order valence-electron chi connectivity index (χ3n) is 5.46. The first-order valence-corrected chi connectivity index (χ1v) is 9.22. The van der Waals surface area contributed by atoms with E-state index < -0.39 is 6.10 Å². The molecule has 26 heavy (non-hydrogen) atoms. The first-order valence-electron chi connectivity index (χ1n) is 9.22. The standard InChI is InChI=1S/C21H25N3O2/c1-14-6-2-5-9-18(14)23-21(26)24-12-19(20(25)13-24)22-17-10-15-7-3-4-8-16(15)11-17/h2-9,17,19-20,22,25H,10-13H2,1H3,(H,23,26)/t19-,20-/m1/s1. The number of amides is 2. The van der Waals surface area contributed by atoms with E-state index in [9.17, 15) is 9.90 Å². The monoisotopic (exact) mass is 351 g/mol. The molecule has 1 fully saturated rings. The summed E-state index contributed by atoms with van der Waals surface area (Å²) in [5, 5.41) is 16.9. The van der Waals surface area contributed by atoms with Gasteiger partial charge in [0.15, 0.2) is 0 Å². The Morgan fingerprint density at radius 1 is 1.04 bits per heavy atom. The van der Waals surface area contributed by atoms with Gasteiger partial charge in [-0.15, -0.1) is 0 Å². The second-order valence-electron chi connectivity index (χ2n) is 7.36. The van der Waals surface area contributed by atoms with Crippen LogP contribution in [0.1, 0.15) is 16.7 Å². The number of aliphatic hydroxyl groups is 1. The fourth-order valence-electron chi connectivity index (χ4n) is 4.00. The van der Waals surface area contributed by atoms with E-state index in [4.69, 9.17) is 0 Å². The van der Waals surface area contributed by atoms with Gasteiger partial charge in [-0.25, -0.2) is 4.79 Å². The lowest BCUT2D eigenvalue weighted by molar-refractivity contribution is 0.151. The Hall–Kier alpha value is -2.37. The number of anilines is 1. The number of carbonyl (C=O) groups is 1. The minimum Gasteiger partial charge on any atom is -0.390 e. The van der Waals surface area contributed by atoms with E-state index in [0.29, 0.717) is 19.1 Å². The Balaban J connectivity index is 1.35. The largest absolute Gasteiger partial charge is 0.390 e. The minimum atomic E-state index is -0.540. The zero-order valence-electron chi connectivity index (χ0n) is 15.0. The highest BCUT2D eigenvalue weighted by Gasteiger charge is 2.36. The van der Waals surface area contributed by atoms with Crippen LogP contribution < -0.4 is 10.6 Å². The summed E-state index contributed by atoms with van der Waals surface area (Å²) >= 11 is 0. The predicted octanol–water partition coefficient (Wildman–Crippen LogP) is 2.33. The van der Waals surface area contributed by atoms with Crippen LogP contribution in [0.2, 0.25) is 0 Å². The fraction of sp³-hybridized carbons (Fsp3) is 0.381. The van der Waals surface area contributed by atoms with E-state index in [1.165, 1.54) is 11.1 Å². The van der Waals surface area contributed by atoms with Gasteiger partial charge in [-0.05, 0) is 42.5 Å². The highest BCUT2D eigenvalue weighted by molar-refractivity contribution is 5.90. The number of urea groups is 1. The summed E-state index contributed by atoms with van der Waals surface area (Å²) in [6, 6.07) is 16.3. The molecule has 0 spiro atoms.